The number of carbonyl (C=O) groups is 4. The van der Waals surface area contributed by atoms with Gasteiger partial charge in [-0.05, 0) is 157 Å². The number of benzene rings is 2. The Labute approximate surface area is 355 Å². The number of aromatic hydroxyl groups is 1. The third-order valence-electron chi connectivity index (χ3n) is 16.9. The summed E-state index contributed by atoms with van der Waals surface area (Å²) in [5.74, 6) is 0.290. The maximum Gasteiger partial charge on any atom is 0.317 e. The van der Waals surface area contributed by atoms with Crippen molar-refractivity contribution in [1.82, 2.24) is 0 Å². The van der Waals surface area contributed by atoms with Crippen LogP contribution in [0.3, 0.4) is 0 Å². The van der Waals surface area contributed by atoms with Gasteiger partial charge in [0.15, 0.2) is 40.3 Å². The fraction of sp³-hybridized carbons (Fsp3) is 0.569. The minimum atomic E-state index is -0.789. The number of allylic oxidation sites excluding steroid dienone is 4. The molecule has 5 aliphatic rings. The number of aliphatic hydroxyl groups excluding tert-OH is 1. The number of esters is 1. The molecule has 0 spiro atoms. The molecule has 9 atom stereocenters. The molecule has 0 amide bonds. The van der Waals surface area contributed by atoms with E-state index in [1.54, 1.807) is 42.5 Å². The van der Waals surface area contributed by atoms with Gasteiger partial charge in [-0.3, -0.25) is 19.2 Å². The molecule has 0 saturated heterocycles. The summed E-state index contributed by atoms with van der Waals surface area (Å²) in [7, 11) is 2.94. The topological polar surface area (TPSA) is 136 Å². The Kier molecular flexibility index (Phi) is 11.2. The van der Waals surface area contributed by atoms with Crippen molar-refractivity contribution in [2.45, 2.75) is 119 Å². The number of fused-ring (bicyclic) bond motifs is 7. The largest absolute Gasteiger partial charge is 0.504 e. The molecule has 0 aromatic heterocycles. The van der Waals surface area contributed by atoms with Crippen LogP contribution < -0.4 is 14.2 Å². The van der Waals surface area contributed by atoms with Gasteiger partial charge >= 0.3 is 5.97 Å². The maximum atomic E-state index is 14.7. The summed E-state index contributed by atoms with van der Waals surface area (Å²) in [5.41, 5.74) is 0.844. The maximum absolute atomic E-state index is 14.7. The minimum Gasteiger partial charge on any atom is -0.504 e. The number of rotatable bonds is 10. The molecule has 4 fully saturated rings. The molecular formula is C51H64O9. The van der Waals surface area contributed by atoms with Crippen LogP contribution >= 0.6 is 0 Å². The Morgan fingerprint density at radius 1 is 0.767 bits per heavy atom. The highest BCUT2D eigenvalue weighted by atomic mass is 16.6. The van der Waals surface area contributed by atoms with Gasteiger partial charge in [0.25, 0.3) is 0 Å². The lowest BCUT2D eigenvalue weighted by atomic mass is 9.33. The van der Waals surface area contributed by atoms with Crippen LogP contribution in [0.4, 0.5) is 0 Å². The summed E-state index contributed by atoms with van der Waals surface area (Å²) in [5, 5.41) is 20.9. The lowest BCUT2D eigenvalue weighted by Gasteiger charge is -2.70. The quantitative estimate of drug-likeness (QED) is 0.104. The fourth-order valence-electron chi connectivity index (χ4n) is 12.9. The molecule has 60 heavy (non-hydrogen) atoms. The number of aliphatic hydroxyl groups is 1. The van der Waals surface area contributed by atoms with Crippen molar-refractivity contribution < 1.29 is 43.6 Å². The van der Waals surface area contributed by atoms with E-state index in [2.05, 4.69) is 41.5 Å². The van der Waals surface area contributed by atoms with Gasteiger partial charge in [-0.2, -0.15) is 0 Å². The Bertz CT molecular complexity index is 2180. The zero-order valence-electron chi connectivity index (χ0n) is 37.0. The van der Waals surface area contributed by atoms with E-state index in [9.17, 15) is 29.4 Å². The van der Waals surface area contributed by atoms with Crippen LogP contribution in [0, 0.1) is 50.2 Å². The van der Waals surface area contributed by atoms with Crippen LogP contribution in [0.2, 0.25) is 0 Å². The molecular weight excluding hydrogens is 757 g/mol. The molecule has 322 valence electrons. The van der Waals surface area contributed by atoms with Crippen molar-refractivity contribution in [1.29, 1.82) is 0 Å². The second-order valence-corrected chi connectivity index (χ2v) is 20.6. The van der Waals surface area contributed by atoms with E-state index in [0.29, 0.717) is 29.7 Å². The van der Waals surface area contributed by atoms with Crippen molar-refractivity contribution in [3.8, 4) is 23.0 Å². The highest BCUT2D eigenvalue weighted by Crippen LogP contribution is 2.75. The molecule has 5 aliphatic carbocycles. The molecule has 0 heterocycles. The fourth-order valence-corrected chi connectivity index (χ4v) is 12.9. The van der Waals surface area contributed by atoms with E-state index in [0.717, 1.165) is 44.9 Å². The standard InChI is InChI=1S/C51H64O9/c1-46(2)42-18-21-51(7)44(49(42,5)20-19-43(46)56)38(55)29-35-36-30-48(4,23-22-47(36,3)24-25-50(35,51)6)45(57)60-39-17-13-32(27-41(39)59-9)11-15-34(53)28-33(52)14-10-31-12-16-37(54)40(26-31)58-8/h10-17,26-27,29,36,42-44,54,56H,18-25,28,30H2,1-9H3/b14-10+,15-11+/t36-,42?,43-,44?,47+,48-,49-,50+,51+/m0/s1. The Balaban J connectivity index is 1.05. The second kappa shape index (κ2) is 15.4. The summed E-state index contributed by atoms with van der Waals surface area (Å²) in [6.45, 7) is 15.9. The third-order valence-corrected chi connectivity index (χ3v) is 16.9. The van der Waals surface area contributed by atoms with Crippen molar-refractivity contribution in [3.63, 3.8) is 0 Å². The summed E-state index contributed by atoms with van der Waals surface area (Å²) < 4.78 is 16.9. The lowest BCUT2D eigenvalue weighted by Crippen LogP contribution is -2.66. The van der Waals surface area contributed by atoms with Gasteiger partial charge in [0.1, 0.15) is 0 Å². The van der Waals surface area contributed by atoms with Crippen LogP contribution in [0.15, 0.2) is 60.2 Å². The van der Waals surface area contributed by atoms with Crippen molar-refractivity contribution in [3.05, 3.63) is 71.3 Å². The first-order valence-electron chi connectivity index (χ1n) is 21.8. The highest BCUT2D eigenvalue weighted by Gasteiger charge is 2.70. The van der Waals surface area contributed by atoms with E-state index < -0.39 is 5.41 Å². The Morgan fingerprint density at radius 3 is 2.03 bits per heavy atom. The monoisotopic (exact) mass is 820 g/mol. The number of ketones is 3. The van der Waals surface area contributed by atoms with Crippen LogP contribution in [0.1, 0.15) is 124 Å². The molecule has 4 saturated carbocycles. The zero-order chi connectivity index (χ0) is 43.6. The second-order valence-electron chi connectivity index (χ2n) is 20.6. The SMILES string of the molecule is COc1cc(/C=C/C(=O)CC(=O)/C=C/c2ccc(OC(=O)[C@@]3(C)CC[C@]4(C)CC[C@]5(C)C(=CC(=O)C6[C@@]7(C)CC[C@H](O)C(C)(C)C7CC[C@]65C)[C@@H]4C3)c(OC)c2)ccc1O. The first-order chi connectivity index (χ1) is 28.1. The number of hydrogen-bond donors (Lipinski definition) is 2. The van der Waals surface area contributed by atoms with Gasteiger partial charge in [0, 0.05) is 5.92 Å². The van der Waals surface area contributed by atoms with Gasteiger partial charge in [-0.15, -0.1) is 0 Å². The molecule has 2 aromatic rings. The summed E-state index contributed by atoms with van der Waals surface area (Å²) in [6.07, 6.45) is 14.9. The summed E-state index contributed by atoms with van der Waals surface area (Å²) >= 11 is 0. The van der Waals surface area contributed by atoms with Crippen LogP contribution in [-0.4, -0.2) is 53.9 Å². The highest BCUT2D eigenvalue weighted by molar-refractivity contribution is 6.11. The van der Waals surface area contributed by atoms with E-state index in [-0.39, 0.29) is 97.9 Å². The van der Waals surface area contributed by atoms with Gasteiger partial charge in [0.05, 0.1) is 32.2 Å². The van der Waals surface area contributed by atoms with Gasteiger partial charge in [-0.25, -0.2) is 0 Å². The lowest BCUT2D eigenvalue weighted by molar-refractivity contribution is -0.202. The van der Waals surface area contributed by atoms with Crippen LogP contribution in [0.5, 0.6) is 23.0 Å². The third kappa shape index (κ3) is 7.16. The molecule has 0 bridgehead atoms. The number of phenols is 1. The first-order valence-corrected chi connectivity index (χ1v) is 21.8. The van der Waals surface area contributed by atoms with Gasteiger partial charge in [-0.1, -0.05) is 71.4 Å². The predicted octanol–water partition coefficient (Wildman–Crippen LogP) is 9.91. The van der Waals surface area contributed by atoms with Crippen molar-refractivity contribution in [2.24, 2.45) is 50.2 Å². The molecule has 0 aliphatic heterocycles. The normalized spacial score (nSPS) is 35.7. The zero-order valence-corrected chi connectivity index (χ0v) is 37.0. The molecule has 2 aromatic carbocycles. The smallest absolute Gasteiger partial charge is 0.317 e. The minimum absolute atomic E-state index is 0.00886. The first kappa shape index (κ1) is 43.6. The molecule has 9 heteroatoms. The van der Waals surface area contributed by atoms with Gasteiger partial charge in [0.2, 0.25) is 0 Å². The van der Waals surface area contributed by atoms with Gasteiger partial charge < -0.3 is 24.4 Å². The van der Waals surface area contributed by atoms with Crippen LogP contribution in [0.25, 0.3) is 12.2 Å². The number of carbonyl (C=O) groups excluding carboxylic acids is 4. The molecule has 0 radical (unpaired) electrons. The number of phenolic OH excluding ortho intramolecular Hbond substituents is 1. The molecule has 9 nitrogen and oxygen atoms in total. The van der Waals surface area contributed by atoms with E-state index in [1.165, 1.54) is 38.0 Å². The Morgan fingerprint density at radius 2 is 1.38 bits per heavy atom. The van der Waals surface area contributed by atoms with Crippen LogP contribution in [-0.2, 0) is 19.2 Å². The Hall–Kier alpha value is -4.50. The predicted molar refractivity (Wildman–Crippen MR) is 231 cm³/mol. The summed E-state index contributed by atoms with van der Waals surface area (Å²) in [6, 6.07) is 9.79. The average molecular weight is 821 g/mol. The molecule has 2 unspecified atom stereocenters. The van der Waals surface area contributed by atoms with Crippen molar-refractivity contribution in [2.75, 3.05) is 14.2 Å². The van der Waals surface area contributed by atoms with E-state index >= 15 is 0 Å². The average Bonchev–Trinajstić information content (AvgIpc) is 3.20. The summed E-state index contributed by atoms with van der Waals surface area (Å²) in [4.78, 5) is 54.2. The van der Waals surface area contributed by atoms with Crippen molar-refractivity contribution >= 4 is 35.5 Å². The molecule has 7 rings (SSSR count). The van der Waals surface area contributed by atoms with E-state index in [1.807, 2.05) is 13.0 Å². The number of ether oxygens (including phenoxy) is 3. The number of methoxy groups -OCH3 is 2. The molecule has 2 N–H and O–H groups in total. The van der Waals surface area contributed by atoms with E-state index in [4.69, 9.17) is 14.2 Å². The number of hydrogen-bond acceptors (Lipinski definition) is 9.